The van der Waals surface area contributed by atoms with Crippen LogP contribution in [-0.2, 0) is 0 Å². The number of rotatable bonds is 0. The molecule has 1 saturated carbocycles. The summed E-state index contributed by atoms with van der Waals surface area (Å²) < 4.78 is 0. The van der Waals surface area contributed by atoms with Crippen LogP contribution < -0.4 is 10.9 Å². The molecule has 0 aromatic rings. The second-order valence-electron chi connectivity index (χ2n) is 3.29. The minimum atomic E-state index is 0.778. The lowest BCUT2D eigenvalue weighted by molar-refractivity contribution is 0.185. The van der Waals surface area contributed by atoms with Crippen LogP contribution in [0.1, 0.15) is 6.42 Å². The van der Waals surface area contributed by atoms with E-state index in [1.54, 1.807) is 0 Å². The fraction of sp³-hybridized carbons (Fsp3) is 0.714. The van der Waals surface area contributed by atoms with Gasteiger partial charge in [-0.25, -0.2) is 0 Å². The van der Waals surface area contributed by atoms with E-state index in [4.69, 9.17) is 0 Å². The molecule has 1 heterocycles. The van der Waals surface area contributed by atoms with Crippen LogP contribution in [0.5, 0.6) is 0 Å². The standard InChI is InChI=1S/C7H10N2/c1-2-5-3-4(1)6-7(5)9-8-6/h1-2,4-9H,3H2. The van der Waals surface area contributed by atoms with Crippen LogP contribution in [0.2, 0.25) is 0 Å². The van der Waals surface area contributed by atoms with Crippen molar-refractivity contribution in [3.63, 3.8) is 0 Å². The van der Waals surface area contributed by atoms with E-state index >= 15 is 0 Å². The highest BCUT2D eigenvalue weighted by molar-refractivity contribution is 5.21. The van der Waals surface area contributed by atoms with Crippen LogP contribution in [0.4, 0.5) is 0 Å². The molecule has 4 atom stereocenters. The lowest BCUT2D eigenvalue weighted by Crippen LogP contribution is -2.68. The molecular weight excluding hydrogens is 112 g/mol. The Hall–Kier alpha value is -0.340. The van der Waals surface area contributed by atoms with Crippen LogP contribution in [-0.4, -0.2) is 12.1 Å². The van der Waals surface area contributed by atoms with Crippen molar-refractivity contribution in [2.75, 3.05) is 0 Å². The molecule has 48 valence electrons. The first-order valence-corrected chi connectivity index (χ1v) is 3.64. The van der Waals surface area contributed by atoms with E-state index in [-0.39, 0.29) is 0 Å². The summed E-state index contributed by atoms with van der Waals surface area (Å²) >= 11 is 0. The van der Waals surface area contributed by atoms with Crippen molar-refractivity contribution in [1.82, 2.24) is 10.9 Å². The molecule has 3 rings (SSSR count). The minimum Gasteiger partial charge on any atom is -0.252 e. The molecule has 0 amide bonds. The van der Waals surface area contributed by atoms with Gasteiger partial charge in [-0.05, 0) is 18.3 Å². The van der Waals surface area contributed by atoms with Gasteiger partial charge in [0.25, 0.3) is 0 Å². The van der Waals surface area contributed by atoms with Gasteiger partial charge < -0.3 is 0 Å². The van der Waals surface area contributed by atoms with Gasteiger partial charge in [-0.15, -0.1) is 0 Å². The molecule has 2 bridgehead atoms. The molecular formula is C7H10N2. The molecule has 2 nitrogen and oxygen atoms in total. The highest BCUT2D eigenvalue weighted by atomic mass is 15.5. The number of hydrogen-bond acceptors (Lipinski definition) is 2. The highest BCUT2D eigenvalue weighted by Crippen LogP contribution is 2.41. The molecule has 2 N–H and O–H groups in total. The Balaban J connectivity index is 2.03. The summed E-state index contributed by atoms with van der Waals surface area (Å²) in [6.07, 6.45) is 6.11. The third kappa shape index (κ3) is 0.373. The Kier molecular flexibility index (Phi) is 0.608. The van der Waals surface area contributed by atoms with Crippen LogP contribution in [0.3, 0.4) is 0 Å². The molecule has 9 heavy (non-hydrogen) atoms. The number of hydrogen-bond donors (Lipinski definition) is 2. The van der Waals surface area contributed by atoms with Crippen molar-refractivity contribution in [3.05, 3.63) is 12.2 Å². The maximum atomic E-state index is 3.24. The van der Waals surface area contributed by atoms with E-state index in [1.807, 2.05) is 0 Å². The molecule has 0 radical (unpaired) electrons. The minimum absolute atomic E-state index is 0.778. The largest absolute Gasteiger partial charge is 0.252 e. The fourth-order valence-corrected chi connectivity index (χ4v) is 2.31. The van der Waals surface area contributed by atoms with E-state index in [0.717, 1.165) is 23.9 Å². The highest BCUT2D eigenvalue weighted by Gasteiger charge is 2.49. The van der Waals surface area contributed by atoms with Gasteiger partial charge in [0, 0.05) is 12.1 Å². The Bertz CT molecular complexity index is 158. The van der Waals surface area contributed by atoms with Crippen LogP contribution in [0.25, 0.3) is 0 Å². The van der Waals surface area contributed by atoms with E-state index in [9.17, 15) is 0 Å². The average molecular weight is 122 g/mol. The Morgan fingerprint density at radius 2 is 1.56 bits per heavy atom. The number of fused-ring (bicyclic) bond motifs is 5. The summed E-state index contributed by atoms with van der Waals surface area (Å²) in [5, 5.41) is 0. The Labute approximate surface area is 54.3 Å². The first kappa shape index (κ1) is 4.47. The normalized spacial score (nSPS) is 59.6. The monoisotopic (exact) mass is 122 g/mol. The molecule has 1 aliphatic heterocycles. The van der Waals surface area contributed by atoms with Crippen molar-refractivity contribution < 1.29 is 0 Å². The fourth-order valence-electron chi connectivity index (χ4n) is 2.31. The molecule has 2 heteroatoms. The smallest absolute Gasteiger partial charge is 0.0448 e. The zero-order valence-electron chi connectivity index (χ0n) is 5.17. The quantitative estimate of drug-likeness (QED) is 0.443. The lowest BCUT2D eigenvalue weighted by atomic mass is 9.94. The molecule has 0 aromatic carbocycles. The first-order valence-electron chi connectivity index (χ1n) is 3.64. The summed E-state index contributed by atoms with van der Waals surface area (Å²) in [5.41, 5.74) is 6.48. The van der Waals surface area contributed by atoms with Crippen molar-refractivity contribution in [2.45, 2.75) is 18.5 Å². The van der Waals surface area contributed by atoms with Gasteiger partial charge in [0.05, 0.1) is 0 Å². The number of nitrogens with one attached hydrogen (secondary N) is 2. The van der Waals surface area contributed by atoms with E-state index < -0.39 is 0 Å². The second-order valence-corrected chi connectivity index (χ2v) is 3.29. The third-order valence-electron chi connectivity index (χ3n) is 2.88. The van der Waals surface area contributed by atoms with E-state index in [1.165, 1.54) is 6.42 Å². The molecule has 2 aliphatic carbocycles. The summed E-state index contributed by atoms with van der Waals surface area (Å²) in [6.45, 7) is 0. The topological polar surface area (TPSA) is 24.1 Å². The Morgan fingerprint density at radius 1 is 1.00 bits per heavy atom. The van der Waals surface area contributed by atoms with Gasteiger partial charge >= 0.3 is 0 Å². The molecule has 0 aromatic heterocycles. The molecule has 0 spiro atoms. The first-order chi connectivity index (χ1) is 4.45. The summed E-state index contributed by atoms with van der Waals surface area (Å²) in [7, 11) is 0. The lowest BCUT2D eigenvalue weighted by Gasteiger charge is -2.39. The predicted molar refractivity (Wildman–Crippen MR) is 34.6 cm³/mol. The molecule has 1 saturated heterocycles. The van der Waals surface area contributed by atoms with Crippen molar-refractivity contribution in [3.8, 4) is 0 Å². The van der Waals surface area contributed by atoms with Gasteiger partial charge in [0.1, 0.15) is 0 Å². The van der Waals surface area contributed by atoms with E-state index in [0.29, 0.717) is 0 Å². The SMILES string of the molecule is C1=CC2CC1C1NNC21. The summed E-state index contributed by atoms with van der Waals surface area (Å²) in [4.78, 5) is 0. The maximum absolute atomic E-state index is 3.24. The van der Waals surface area contributed by atoms with Crippen molar-refractivity contribution in [2.24, 2.45) is 11.8 Å². The molecule has 2 fully saturated rings. The van der Waals surface area contributed by atoms with Crippen molar-refractivity contribution in [1.29, 1.82) is 0 Å². The van der Waals surface area contributed by atoms with Gasteiger partial charge in [-0.3, -0.25) is 10.9 Å². The van der Waals surface area contributed by atoms with E-state index in [2.05, 4.69) is 23.0 Å². The second kappa shape index (κ2) is 1.22. The van der Waals surface area contributed by atoms with Gasteiger partial charge in [0.2, 0.25) is 0 Å². The van der Waals surface area contributed by atoms with Crippen molar-refractivity contribution >= 4 is 0 Å². The summed E-state index contributed by atoms with van der Waals surface area (Å²) in [6, 6.07) is 1.56. The van der Waals surface area contributed by atoms with Crippen LogP contribution >= 0.6 is 0 Å². The average Bonchev–Trinajstić information content (AvgIpc) is 2.18. The summed E-state index contributed by atoms with van der Waals surface area (Å²) in [5.74, 6) is 1.70. The predicted octanol–water partition coefficient (Wildman–Crippen LogP) is 0.0373. The van der Waals surface area contributed by atoms with Crippen LogP contribution in [0, 0.1) is 11.8 Å². The maximum Gasteiger partial charge on any atom is 0.0448 e. The Morgan fingerprint density at radius 3 is 1.89 bits per heavy atom. The molecule has 4 unspecified atom stereocenters. The molecule has 3 aliphatic rings. The van der Waals surface area contributed by atoms with Gasteiger partial charge in [0.15, 0.2) is 0 Å². The van der Waals surface area contributed by atoms with Crippen LogP contribution in [0.15, 0.2) is 12.2 Å². The number of hydrazine groups is 1. The zero-order chi connectivity index (χ0) is 5.84. The third-order valence-corrected chi connectivity index (χ3v) is 2.88. The van der Waals surface area contributed by atoms with Gasteiger partial charge in [-0.1, -0.05) is 12.2 Å². The van der Waals surface area contributed by atoms with Gasteiger partial charge in [-0.2, -0.15) is 0 Å². The zero-order valence-corrected chi connectivity index (χ0v) is 5.17.